The second-order valence-electron chi connectivity index (χ2n) is 9.83. The summed E-state index contributed by atoms with van der Waals surface area (Å²) in [5.74, 6) is 0.551. The number of fused-ring (bicyclic) bond motifs is 1. The van der Waals surface area contributed by atoms with Gasteiger partial charge < -0.3 is 10.1 Å². The first-order valence-corrected chi connectivity index (χ1v) is 13.3. The molecule has 0 aromatic heterocycles. The molecular weight excluding hydrogens is 508 g/mol. The maximum absolute atomic E-state index is 14.2. The quantitative estimate of drug-likeness (QED) is 0.293. The Balaban J connectivity index is 1.55. The molecule has 0 fully saturated rings. The van der Waals surface area contributed by atoms with Crippen molar-refractivity contribution in [1.29, 1.82) is 0 Å². The second kappa shape index (κ2) is 10.4. The van der Waals surface area contributed by atoms with Gasteiger partial charge in [-0.15, -0.1) is 0 Å². The van der Waals surface area contributed by atoms with Gasteiger partial charge in [-0.3, -0.25) is 14.5 Å². The van der Waals surface area contributed by atoms with Crippen LogP contribution in [0.4, 0.5) is 11.4 Å². The van der Waals surface area contributed by atoms with Crippen LogP contribution in [0.3, 0.4) is 0 Å². The molecule has 2 aliphatic rings. The Hall–Kier alpha value is -4.35. The molecule has 0 saturated carbocycles. The fraction of sp³-hybridized carbons (Fsp3) is 0.152. The molecule has 4 aromatic carbocycles. The van der Waals surface area contributed by atoms with Crippen molar-refractivity contribution >= 4 is 34.7 Å². The summed E-state index contributed by atoms with van der Waals surface area (Å²) in [7, 11) is 1.62. The van der Waals surface area contributed by atoms with Gasteiger partial charge in [-0.2, -0.15) is 0 Å². The van der Waals surface area contributed by atoms with Crippen molar-refractivity contribution in [1.82, 2.24) is 0 Å². The number of halogens is 1. The molecule has 1 heterocycles. The van der Waals surface area contributed by atoms with Gasteiger partial charge in [0.05, 0.1) is 24.5 Å². The molecule has 1 amide bonds. The first-order valence-electron chi connectivity index (χ1n) is 12.9. The van der Waals surface area contributed by atoms with Gasteiger partial charge in [0.25, 0.3) is 5.91 Å². The molecule has 0 spiro atoms. The van der Waals surface area contributed by atoms with Crippen molar-refractivity contribution in [2.45, 2.75) is 24.8 Å². The molecule has 1 N–H and O–H groups in total. The van der Waals surface area contributed by atoms with E-state index in [0.29, 0.717) is 34.8 Å². The summed E-state index contributed by atoms with van der Waals surface area (Å²) in [5.41, 5.74) is 5.42. The van der Waals surface area contributed by atoms with Crippen LogP contribution in [-0.4, -0.2) is 18.8 Å². The zero-order chi connectivity index (χ0) is 26.9. The number of hydrogen-bond acceptors (Lipinski definition) is 4. The topological polar surface area (TPSA) is 58.6 Å². The number of nitrogens with zero attached hydrogens (tertiary/aromatic N) is 1. The summed E-state index contributed by atoms with van der Waals surface area (Å²) in [6, 6.07) is 31.6. The van der Waals surface area contributed by atoms with E-state index in [1.54, 1.807) is 12.0 Å². The molecule has 1 aliphatic heterocycles. The molecular formula is C33H27ClN2O3. The number of methoxy groups -OCH3 is 1. The van der Waals surface area contributed by atoms with Crippen LogP contribution in [-0.2, 0) is 4.79 Å². The number of benzene rings is 4. The molecule has 5 nitrogen and oxygen atoms in total. The number of amides is 1. The van der Waals surface area contributed by atoms with E-state index in [2.05, 4.69) is 5.32 Å². The number of nitrogens with one attached hydrogen (secondary N) is 1. The van der Waals surface area contributed by atoms with E-state index in [1.165, 1.54) is 0 Å². The standard InChI is InChI=1S/C33H27ClN2O3/c1-39-26-17-13-22(14-18-26)32-31-28(19-24(20-30(31)37)21-11-15-25(34)16-12-21)35-27-9-5-6-10-29(27)36(32)33(38)23-7-3-2-4-8-23/h2-18,24,32,35H,19-20H2,1H3/t24-,32+/m1/s1. The van der Waals surface area contributed by atoms with Crippen molar-refractivity contribution < 1.29 is 14.3 Å². The van der Waals surface area contributed by atoms with Crippen LogP contribution in [0.1, 0.15) is 46.3 Å². The third kappa shape index (κ3) is 4.70. The first kappa shape index (κ1) is 25.0. The first-order chi connectivity index (χ1) is 19.0. The number of allylic oxidation sites excluding steroid dienone is 1. The highest BCUT2D eigenvalue weighted by Crippen LogP contribution is 2.48. The molecule has 194 valence electrons. The van der Waals surface area contributed by atoms with Crippen molar-refractivity contribution in [2.24, 2.45) is 0 Å². The summed E-state index contributed by atoms with van der Waals surface area (Å²) in [6.07, 6.45) is 0.982. The summed E-state index contributed by atoms with van der Waals surface area (Å²) in [6.45, 7) is 0. The lowest BCUT2D eigenvalue weighted by atomic mass is 9.78. The highest BCUT2D eigenvalue weighted by Gasteiger charge is 2.41. The van der Waals surface area contributed by atoms with Gasteiger partial charge in [-0.25, -0.2) is 0 Å². The molecule has 2 atom stereocenters. The van der Waals surface area contributed by atoms with Crippen LogP contribution in [0, 0.1) is 0 Å². The zero-order valence-electron chi connectivity index (χ0n) is 21.4. The van der Waals surface area contributed by atoms with Crippen LogP contribution in [0.25, 0.3) is 0 Å². The van der Waals surface area contributed by atoms with Crippen LogP contribution in [0.2, 0.25) is 5.02 Å². The number of rotatable bonds is 4. The fourth-order valence-corrected chi connectivity index (χ4v) is 5.73. The Labute approximate surface area is 232 Å². The number of anilines is 2. The Morgan fingerprint density at radius 2 is 1.51 bits per heavy atom. The fourth-order valence-electron chi connectivity index (χ4n) is 5.61. The summed E-state index contributed by atoms with van der Waals surface area (Å²) < 4.78 is 5.40. The average molecular weight is 535 g/mol. The Kier molecular flexibility index (Phi) is 6.67. The number of carbonyl (C=O) groups excluding carboxylic acids is 2. The zero-order valence-corrected chi connectivity index (χ0v) is 22.2. The van der Waals surface area contributed by atoms with E-state index in [0.717, 1.165) is 28.2 Å². The van der Waals surface area contributed by atoms with E-state index < -0.39 is 6.04 Å². The highest BCUT2D eigenvalue weighted by molar-refractivity contribution is 6.30. The molecule has 0 radical (unpaired) electrons. The Morgan fingerprint density at radius 1 is 0.846 bits per heavy atom. The predicted octanol–water partition coefficient (Wildman–Crippen LogP) is 7.56. The molecule has 0 unspecified atom stereocenters. The minimum atomic E-state index is -0.617. The highest BCUT2D eigenvalue weighted by atomic mass is 35.5. The summed E-state index contributed by atoms with van der Waals surface area (Å²) >= 11 is 6.14. The van der Waals surface area contributed by atoms with Crippen molar-refractivity contribution in [3.63, 3.8) is 0 Å². The lowest BCUT2D eigenvalue weighted by Crippen LogP contribution is -2.38. The van der Waals surface area contributed by atoms with E-state index in [4.69, 9.17) is 16.3 Å². The SMILES string of the molecule is COc1ccc([C@H]2C3=C(C[C@@H](c4ccc(Cl)cc4)CC3=O)Nc3ccccc3N2C(=O)c2ccccc2)cc1. The van der Waals surface area contributed by atoms with Gasteiger partial charge in [0, 0.05) is 28.3 Å². The van der Waals surface area contributed by atoms with Crippen LogP contribution in [0.5, 0.6) is 5.75 Å². The number of carbonyl (C=O) groups is 2. The molecule has 1 aliphatic carbocycles. The third-order valence-corrected chi connectivity index (χ3v) is 7.75. The van der Waals surface area contributed by atoms with Gasteiger partial charge in [0.15, 0.2) is 5.78 Å². The molecule has 6 heteroatoms. The Bertz CT molecular complexity index is 1560. The van der Waals surface area contributed by atoms with E-state index in [9.17, 15) is 9.59 Å². The van der Waals surface area contributed by atoms with Gasteiger partial charge in [-0.1, -0.05) is 66.2 Å². The van der Waals surface area contributed by atoms with E-state index >= 15 is 0 Å². The number of Topliss-reactive ketones (excluding diaryl/α,β-unsaturated/α-hetero) is 1. The van der Waals surface area contributed by atoms with Crippen LogP contribution >= 0.6 is 11.6 Å². The summed E-state index contributed by atoms with van der Waals surface area (Å²) in [5, 5.41) is 4.24. The van der Waals surface area contributed by atoms with Crippen molar-refractivity contribution in [3.8, 4) is 5.75 Å². The third-order valence-electron chi connectivity index (χ3n) is 7.50. The van der Waals surface area contributed by atoms with Crippen LogP contribution < -0.4 is 15.0 Å². The molecule has 6 rings (SSSR count). The van der Waals surface area contributed by atoms with Crippen molar-refractivity contribution in [3.05, 3.63) is 136 Å². The largest absolute Gasteiger partial charge is 0.497 e. The smallest absolute Gasteiger partial charge is 0.259 e. The van der Waals surface area contributed by atoms with Gasteiger partial charge >= 0.3 is 0 Å². The van der Waals surface area contributed by atoms with Crippen molar-refractivity contribution in [2.75, 3.05) is 17.3 Å². The number of hydrogen-bond donors (Lipinski definition) is 1. The van der Waals surface area contributed by atoms with Gasteiger partial charge in [-0.05, 0) is 72.0 Å². The normalized spacial score (nSPS) is 18.5. The number of ketones is 1. The maximum Gasteiger partial charge on any atom is 0.259 e. The average Bonchev–Trinajstić information content (AvgIpc) is 3.12. The van der Waals surface area contributed by atoms with E-state index in [-0.39, 0.29) is 17.6 Å². The monoisotopic (exact) mass is 534 g/mol. The van der Waals surface area contributed by atoms with Gasteiger partial charge in [0.2, 0.25) is 0 Å². The minimum absolute atomic E-state index is 0.000992. The van der Waals surface area contributed by atoms with Gasteiger partial charge in [0.1, 0.15) is 5.75 Å². The molecule has 4 aromatic rings. The second-order valence-corrected chi connectivity index (χ2v) is 10.3. The predicted molar refractivity (Wildman–Crippen MR) is 155 cm³/mol. The minimum Gasteiger partial charge on any atom is -0.497 e. The Morgan fingerprint density at radius 3 is 2.23 bits per heavy atom. The molecule has 0 bridgehead atoms. The lowest BCUT2D eigenvalue weighted by Gasteiger charge is -2.35. The molecule has 0 saturated heterocycles. The van der Waals surface area contributed by atoms with Crippen LogP contribution in [0.15, 0.2) is 114 Å². The summed E-state index contributed by atoms with van der Waals surface area (Å²) in [4.78, 5) is 30.1. The molecule has 39 heavy (non-hydrogen) atoms. The number of para-hydroxylation sites is 2. The van der Waals surface area contributed by atoms with E-state index in [1.807, 2.05) is 103 Å². The maximum atomic E-state index is 14.2. The number of ether oxygens (including phenoxy) is 1. The lowest BCUT2D eigenvalue weighted by molar-refractivity contribution is -0.116.